The van der Waals surface area contributed by atoms with Gasteiger partial charge in [0, 0.05) is 32.2 Å². The van der Waals surface area contributed by atoms with Crippen molar-refractivity contribution in [2.24, 2.45) is 0 Å². The van der Waals surface area contributed by atoms with Gasteiger partial charge in [-0.25, -0.2) is 0 Å². The average molecular weight is 377 g/mol. The Labute approximate surface area is 164 Å². The molecule has 6 nitrogen and oxygen atoms in total. The van der Waals surface area contributed by atoms with Crippen LogP contribution in [0.3, 0.4) is 0 Å². The highest BCUT2D eigenvalue weighted by Gasteiger charge is 2.28. The predicted molar refractivity (Wildman–Crippen MR) is 105 cm³/mol. The van der Waals surface area contributed by atoms with Gasteiger partial charge in [0.1, 0.15) is 18.6 Å². The van der Waals surface area contributed by atoms with E-state index in [1.54, 1.807) is 6.07 Å². The van der Waals surface area contributed by atoms with Crippen LogP contribution < -0.4 is 4.74 Å². The highest BCUT2D eigenvalue weighted by molar-refractivity contribution is 5.92. The molecule has 1 saturated heterocycles. The summed E-state index contributed by atoms with van der Waals surface area (Å²) in [4.78, 5) is 16.7. The topological polar surface area (TPSA) is 58.8 Å². The predicted octanol–water partition coefficient (Wildman–Crippen LogP) is 3.25. The van der Waals surface area contributed by atoms with Crippen LogP contribution in [0.25, 0.3) is 0 Å². The van der Waals surface area contributed by atoms with E-state index in [0.29, 0.717) is 25.4 Å². The minimum Gasteiger partial charge on any atom is -0.492 e. The molecule has 1 fully saturated rings. The molecule has 1 aliphatic rings. The first-order valence-electron chi connectivity index (χ1n) is 9.48. The molecule has 1 atom stereocenters. The van der Waals surface area contributed by atoms with Gasteiger partial charge in [0.15, 0.2) is 5.69 Å². The Morgan fingerprint density at radius 3 is 2.29 bits per heavy atom. The van der Waals surface area contributed by atoms with E-state index in [1.165, 1.54) is 11.8 Å². The van der Waals surface area contributed by atoms with E-state index in [1.807, 2.05) is 41.3 Å². The third kappa shape index (κ3) is 4.23. The van der Waals surface area contributed by atoms with Crippen molar-refractivity contribution >= 4 is 5.91 Å². The monoisotopic (exact) mass is 377 g/mol. The Balaban J connectivity index is 1.43. The molecule has 4 rings (SSSR count). The number of hydrogen-bond acceptors (Lipinski definition) is 5. The molecule has 0 bridgehead atoms. The molecule has 0 saturated carbocycles. The second-order valence-electron chi connectivity index (χ2n) is 6.76. The summed E-state index contributed by atoms with van der Waals surface area (Å²) in [6.07, 6.45) is 1.43. The number of amides is 1. The highest BCUT2D eigenvalue weighted by atomic mass is 16.5. The minimum atomic E-state index is -0.0785. The molecule has 2 aromatic carbocycles. The summed E-state index contributed by atoms with van der Waals surface area (Å²) in [7, 11) is 0. The Kier molecular flexibility index (Phi) is 5.68. The van der Waals surface area contributed by atoms with Gasteiger partial charge < -0.3 is 14.2 Å². The van der Waals surface area contributed by atoms with Crippen molar-refractivity contribution in [3.8, 4) is 5.75 Å². The molecule has 0 aliphatic carbocycles. The normalized spacial score (nSPS) is 15.9. The van der Waals surface area contributed by atoms with Crippen molar-refractivity contribution < 1.29 is 14.1 Å². The van der Waals surface area contributed by atoms with Crippen LogP contribution in [0.1, 0.15) is 22.1 Å². The molecule has 6 heteroatoms. The lowest BCUT2D eigenvalue weighted by Gasteiger charge is -2.39. The summed E-state index contributed by atoms with van der Waals surface area (Å²) in [6, 6.07) is 22.0. The number of carbonyl (C=O) groups is 1. The summed E-state index contributed by atoms with van der Waals surface area (Å²) in [6.45, 7) is 3.43. The quantitative estimate of drug-likeness (QED) is 0.660. The summed E-state index contributed by atoms with van der Waals surface area (Å²) in [5.74, 6) is 0.786. The summed E-state index contributed by atoms with van der Waals surface area (Å²) in [5, 5.41) is 3.76. The number of ether oxygens (including phenoxy) is 1. The lowest BCUT2D eigenvalue weighted by Crippen LogP contribution is -2.50. The van der Waals surface area contributed by atoms with Crippen molar-refractivity contribution in [3.05, 3.63) is 84.3 Å². The Morgan fingerprint density at radius 1 is 0.964 bits per heavy atom. The van der Waals surface area contributed by atoms with Gasteiger partial charge in [-0.2, -0.15) is 0 Å². The number of carbonyl (C=O) groups excluding carboxylic acids is 1. The van der Waals surface area contributed by atoms with Gasteiger partial charge in [-0.3, -0.25) is 9.69 Å². The zero-order chi connectivity index (χ0) is 19.2. The molecule has 144 valence electrons. The van der Waals surface area contributed by atoms with Crippen LogP contribution in [-0.4, -0.2) is 53.6 Å². The van der Waals surface area contributed by atoms with Gasteiger partial charge in [-0.1, -0.05) is 53.7 Å². The number of aromatic nitrogens is 1. The molecule has 0 radical (unpaired) electrons. The molecular formula is C22H23N3O3. The van der Waals surface area contributed by atoms with E-state index >= 15 is 0 Å². The van der Waals surface area contributed by atoms with Gasteiger partial charge >= 0.3 is 0 Å². The number of nitrogens with zero attached hydrogens (tertiary/aromatic N) is 3. The molecule has 0 N–H and O–H groups in total. The van der Waals surface area contributed by atoms with Crippen molar-refractivity contribution in [2.45, 2.75) is 6.04 Å². The van der Waals surface area contributed by atoms with Crippen LogP contribution in [0.5, 0.6) is 5.75 Å². The molecule has 1 unspecified atom stereocenters. The van der Waals surface area contributed by atoms with Gasteiger partial charge in [-0.05, 0) is 17.7 Å². The Morgan fingerprint density at radius 2 is 1.64 bits per heavy atom. The van der Waals surface area contributed by atoms with Gasteiger partial charge in [0.05, 0.1) is 6.04 Å². The van der Waals surface area contributed by atoms with E-state index in [-0.39, 0.29) is 11.9 Å². The average Bonchev–Trinajstić information content (AvgIpc) is 3.30. The van der Waals surface area contributed by atoms with E-state index in [2.05, 4.69) is 34.3 Å². The maximum Gasteiger partial charge on any atom is 0.276 e. The third-order valence-electron chi connectivity index (χ3n) is 5.03. The number of piperazine rings is 1. The lowest BCUT2D eigenvalue weighted by atomic mass is 10.0. The lowest BCUT2D eigenvalue weighted by molar-refractivity contribution is 0.0491. The summed E-state index contributed by atoms with van der Waals surface area (Å²) in [5.41, 5.74) is 1.58. The van der Waals surface area contributed by atoms with Crippen LogP contribution in [0.15, 0.2) is 77.5 Å². The summed E-state index contributed by atoms with van der Waals surface area (Å²) < 4.78 is 10.9. The summed E-state index contributed by atoms with van der Waals surface area (Å²) >= 11 is 0. The molecule has 1 amide bonds. The Bertz CT molecular complexity index is 861. The van der Waals surface area contributed by atoms with Crippen LogP contribution in [0.2, 0.25) is 0 Å². The molecule has 0 spiro atoms. The second kappa shape index (κ2) is 8.71. The highest BCUT2D eigenvalue weighted by Crippen LogP contribution is 2.24. The molecule has 3 aromatic rings. The Hall–Kier alpha value is -3.12. The van der Waals surface area contributed by atoms with Crippen LogP contribution >= 0.6 is 0 Å². The fourth-order valence-corrected chi connectivity index (χ4v) is 3.50. The number of rotatable bonds is 6. The number of para-hydroxylation sites is 1. The fourth-order valence-electron chi connectivity index (χ4n) is 3.50. The maximum atomic E-state index is 12.5. The molecule has 2 heterocycles. The molecular weight excluding hydrogens is 354 g/mol. The van der Waals surface area contributed by atoms with Crippen molar-refractivity contribution in [1.82, 2.24) is 15.0 Å². The van der Waals surface area contributed by atoms with E-state index in [9.17, 15) is 4.79 Å². The van der Waals surface area contributed by atoms with Crippen molar-refractivity contribution in [3.63, 3.8) is 0 Å². The minimum absolute atomic E-state index is 0.0785. The van der Waals surface area contributed by atoms with E-state index in [4.69, 9.17) is 9.26 Å². The maximum absolute atomic E-state index is 12.5. The number of benzene rings is 2. The van der Waals surface area contributed by atoms with Crippen molar-refractivity contribution in [2.75, 3.05) is 32.8 Å². The fraction of sp³-hybridized carbons (Fsp3) is 0.273. The van der Waals surface area contributed by atoms with E-state index < -0.39 is 0 Å². The van der Waals surface area contributed by atoms with Crippen LogP contribution in [0, 0.1) is 0 Å². The SMILES string of the molecule is O=C(c1ccon1)N1CCN(C(COc2ccccc2)c2ccccc2)CC1. The first-order chi connectivity index (χ1) is 13.8. The van der Waals surface area contributed by atoms with Crippen LogP contribution in [-0.2, 0) is 0 Å². The van der Waals surface area contributed by atoms with Gasteiger partial charge in [0.25, 0.3) is 5.91 Å². The van der Waals surface area contributed by atoms with E-state index in [0.717, 1.165) is 18.8 Å². The first kappa shape index (κ1) is 18.3. The van der Waals surface area contributed by atoms with Gasteiger partial charge in [0.2, 0.25) is 0 Å². The smallest absolute Gasteiger partial charge is 0.276 e. The largest absolute Gasteiger partial charge is 0.492 e. The first-order valence-corrected chi connectivity index (χ1v) is 9.48. The zero-order valence-electron chi connectivity index (χ0n) is 15.6. The zero-order valence-corrected chi connectivity index (χ0v) is 15.6. The van der Waals surface area contributed by atoms with Crippen LogP contribution in [0.4, 0.5) is 0 Å². The van der Waals surface area contributed by atoms with Gasteiger partial charge in [-0.15, -0.1) is 0 Å². The number of hydrogen-bond donors (Lipinski definition) is 0. The standard InChI is InChI=1S/C22H23N3O3/c26-22(20-11-16-28-23-20)25-14-12-24(13-15-25)21(18-7-3-1-4-8-18)17-27-19-9-5-2-6-10-19/h1-11,16,21H,12-15,17H2. The molecule has 1 aliphatic heterocycles. The molecule has 1 aromatic heterocycles. The van der Waals surface area contributed by atoms with Crippen molar-refractivity contribution in [1.29, 1.82) is 0 Å². The second-order valence-corrected chi connectivity index (χ2v) is 6.76. The molecule has 28 heavy (non-hydrogen) atoms. The third-order valence-corrected chi connectivity index (χ3v) is 5.03.